The molecule has 5 nitrogen and oxygen atoms in total. The summed E-state index contributed by atoms with van der Waals surface area (Å²) < 4.78 is 5.51. The van der Waals surface area contributed by atoms with E-state index in [0.29, 0.717) is 40.1 Å². The maximum atomic E-state index is 11.6. The molecule has 0 unspecified atom stereocenters. The molecule has 4 rings (SSSR count). The third-order valence-electron chi connectivity index (χ3n) is 5.13. The molecule has 1 N–H and O–H groups in total. The lowest BCUT2D eigenvalue weighted by Crippen LogP contribution is -2.41. The summed E-state index contributed by atoms with van der Waals surface area (Å²) in [5, 5.41) is 12.4. The summed E-state index contributed by atoms with van der Waals surface area (Å²) in [5.41, 5.74) is 2.95. The van der Waals surface area contributed by atoms with E-state index in [9.17, 15) is 5.11 Å². The first-order chi connectivity index (χ1) is 14.2. The van der Waals surface area contributed by atoms with Crippen LogP contribution >= 0.6 is 23.2 Å². The molecule has 3 aromatic rings. The van der Waals surface area contributed by atoms with Gasteiger partial charge in [-0.3, -0.25) is 14.9 Å². The molecular formula is C22H21Cl2N3O2. The Labute approximate surface area is 179 Å². The predicted molar refractivity (Wildman–Crippen MR) is 114 cm³/mol. The number of morpholine rings is 1. The summed E-state index contributed by atoms with van der Waals surface area (Å²) in [6.07, 6.45) is 4.38. The van der Waals surface area contributed by atoms with Gasteiger partial charge in [-0.2, -0.15) is 0 Å². The fraction of sp³-hybridized carbons (Fsp3) is 0.273. The number of pyridine rings is 2. The molecule has 29 heavy (non-hydrogen) atoms. The number of hydrogen-bond donors (Lipinski definition) is 1. The Morgan fingerprint density at radius 2 is 1.79 bits per heavy atom. The fourth-order valence-corrected chi connectivity index (χ4v) is 4.13. The molecule has 1 fully saturated rings. The Morgan fingerprint density at radius 1 is 1.00 bits per heavy atom. The number of benzene rings is 1. The number of aliphatic hydroxyl groups excluding tert-OH is 1. The molecule has 0 spiro atoms. The second kappa shape index (κ2) is 9.20. The minimum Gasteiger partial charge on any atom is -0.386 e. The maximum Gasteiger partial charge on any atom is 0.101 e. The summed E-state index contributed by atoms with van der Waals surface area (Å²) in [6, 6.07) is 12.7. The number of hydrogen-bond acceptors (Lipinski definition) is 5. The van der Waals surface area contributed by atoms with Crippen molar-refractivity contribution in [2.75, 3.05) is 26.3 Å². The fourth-order valence-electron chi connectivity index (χ4n) is 3.74. The zero-order chi connectivity index (χ0) is 20.2. The molecule has 7 heteroatoms. The standard InChI is InChI=1S/C22H21Cl2N3O2/c23-18-7-1-5-16(19(18)24)20-17(6-3-9-26-20)22(28)21(15-4-2-8-25-14-15)27-10-12-29-13-11-27/h1-9,14,21-22,28H,10-13H2/t21-,22+/m0/s1. The van der Waals surface area contributed by atoms with Crippen LogP contribution in [0.25, 0.3) is 11.3 Å². The molecule has 2 aromatic heterocycles. The number of aromatic nitrogens is 2. The number of ether oxygens (including phenoxy) is 1. The highest BCUT2D eigenvalue weighted by Gasteiger charge is 2.32. The summed E-state index contributed by atoms with van der Waals surface area (Å²) in [5.74, 6) is 0. The van der Waals surface area contributed by atoms with Gasteiger partial charge in [0.25, 0.3) is 0 Å². The Bertz CT molecular complexity index is 965. The van der Waals surface area contributed by atoms with E-state index in [0.717, 1.165) is 18.7 Å². The van der Waals surface area contributed by atoms with Gasteiger partial charge in [0.15, 0.2) is 0 Å². The minimum absolute atomic E-state index is 0.284. The van der Waals surface area contributed by atoms with E-state index < -0.39 is 6.10 Å². The van der Waals surface area contributed by atoms with Crippen LogP contribution in [0.15, 0.2) is 61.1 Å². The van der Waals surface area contributed by atoms with E-state index in [1.165, 1.54) is 0 Å². The van der Waals surface area contributed by atoms with Crippen molar-refractivity contribution < 1.29 is 9.84 Å². The monoisotopic (exact) mass is 429 g/mol. The molecular weight excluding hydrogens is 409 g/mol. The quantitative estimate of drug-likeness (QED) is 0.643. The van der Waals surface area contributed by atoms with Crippen LogP contribution in [0, 0.1) is 0 Å². The highest BCUT2D eigenvalue weighted by molar-refractivity contribution is 6.43. The third kappa shape index (κ3) is 4.29. The first-order valence-electron chi connectivity index (χ1n) is 9.46. The molecule has 1 saturated heterocycles. The topological polar surface area (TPSA) is 58.5 Å². The number of aliphatic hydroxyl groups is 1. The van der Waals surface area contributed by atoms with Crippen LogP contribution in [0.1, 0.15) is 23.3 Å². The number of nitrogens with zero attached hydrogens (tertiary/aromatic N) is 3. The van der Waals surface area contributed by atoms with Gasteiger partial charge < -0.3 is 9.84 Å². The zero-order valence-electron chi connectivity index (χ0n) is 15.7. The highest BCUT2D eigenvalue weighted by Crippen LogP contribution is 2.40. The molecule has 0 aliphatic carbocycles. The van der Waals surface area contributed by atoms with Crippen LogP contribution in [-0.4, -0.2) is 46.3 Å². The van der Waals surface area contributed by atoms with Crippen molar-refractivity contribution in [2.45, 2.75) is 12.1 Å². The molecule has 0 bridgehead atoms. The van der Waals surface area contributed by atoms with Crippen molar-refractivity contribution in [1.29, 1.82) is 0 Å². The van der Waals surface area contributed by atoms with Gasteiger partial charge in [0.1, 0.15) is 6.10 Å². The Balaban J connectivity index is 1.79. The Kier molecular flexibility index (Phi) is 6.43. The van der Waals surface area contributed by atoms with Gasteiger partial charge in [-0.05, 0) is 23.8 Å². The van der Waals surface area contributed by atoms with Crippen LogP contribution < -0.4 is 0 Å². The summed E-state index contributed by atoms with van der Waals surface area (Å²) in [4.78, 5) is 11.0. The Morgan fingerprint density at radius 3 is 2.55 bits per heavy atom. The molecule has 0 saturated carbocycles. The summed E-state index contributed by atoms with van der Waals surface area (Å²) in [6.45, 7) is 2.71. The van der Waals surface area contributed by atoms with Crippen molar-refractivity contribution in [3.63, 3.8) is 0 Å². The predicted octanol–water partition coefficient (Wildman–Crippen LogP) is 4.56. The molecule has 0 radical (unpaired) electrons. The SMILES string of the molecule is O[C@H](c1cccnc1-c1cccc(Cl)c1Cl)[C@H](c1cccnc1)N1CCOCC1. The number of halogens is 2. The van der Waals surface area contributed by atoms with Crippen molar-refractivity contribution in [2.24, 2.45) is 0 Å². The van der Waals surface area contributed by atoms with Gasteiger partial charge in [-0.25, -0.2) is 0 Å². The second-order valence-electron chi connectivity index (χ2n) is 6.87. The second-order valence-corrected chi connectivity index (χ2v) is 7.65. The van der Waals surface area contributed by atoms with Crippen molar-refractivity contribution in [3.05, 3.63) is 82.2 Å². The normalized spacial score (nSPS) is 17.1. The van der Waals surface area contributed by atoms with Crippen molar-refractivity contribution in [3.8, 4) is 11.3 Å². The summed E-state index contributed by atoms with van der Waals surface area (Å²) in [7, 11) is 0. The lowest BCUT2D eigenvalue weighted by atomic mass is 9.92. The van der Waals surface area contributed by atoms with Gasteiger partial charge in [-0.15, -0.1) is 0 Å². The first kappa shape index (κ1) is 20.3. The van der Waals surface area contributed by atoms with Gasteiger partial charge in [0, 0.05) is 42.8 Å². The largest absolute Gasteiger partial charge is 0.386 e. The molecule has 1 aromatic carbocycles. The van der Waals surface area contributed by atoms with E-state index in [1.54, 1.807) is 24.7 Å². The van der Waals surface area contributed by atoms with Crippen LogP contribution in [0.2, 0.25) is 10.0 Å². The lowest BCUT2D eigenvalue weighted by molar-refractivity contribution is -0.0238. The van der Waals surface area contributed by atoms with E-state index in [1.807, 2.05) is 36.4 Å². The van der Waals surface area contributed by atoms with E-state index in [2.05, 4.69) is 14.9 Å². The first-order valence-corrected chi connectivity index (χ1v) is 10.2. The average molecular weight is 430 g/mol. The average Bonchev–Trinajstić information content (AvgIpc) is 2.77. The van der Waals surface area contributed by atoms with Crippen LogP contribution in [0.5, 0.6) is 0 Å². The molecule has 3 heterocycles. The van der Waals surface area contributed by atoms with Crippen molar-refractivity contribution >= 4 is 23.2 Å². The number of rotatable bonds is 5. The minimum atomic E-state index is -0.837. The maximum absolute atomic E-state index is 11.6. The van der Waals surface area contributed by atoms with Gasteiger partial charge in [0.05, 0.1) is 35.0 Å². The van der Waals surface area contributed by atoms with Gasteiger partial charge in [0.2, 0.25) is 0 Å². The van der Waals surface area contributed by atoms with E-state index >= 15 is 0 Å². The van der Waals surface area contributed by atoms with Crippen LogP contribution in [-0.2, 0) is 4.74 Å². The molecule has 0 amide bonds. The van der Waals surface area contributed by atoms with Gasteiger partial charge >= 0.3 is 0 Å². The summed E-state index contributed by atoms with van der Waals surface area (Å²) >= 11 is 12.7. The van der Waals surface area contributed by atoms with Crippen molar-refractivity contribution in [1.82, 2.24) is 14.9 Å². The molecule has 150 valence electrons. The zero-order valence-corrected chi connectivity index (χ0v) is 17.2. The van der Waals surface area contributed by atoms with Gasteiger partial charge in [-0.1, -0.05) is 47.5 Å². The third-order valence-corrected chi connectivity index (χ3v) is 5.95. The van der Waals surface area contributed by atoms with E-state index in [4.69, 9.17) is 27.9 Å². The molecule has 1 aliphatic rings. The van der Waals surface area contributed by atoms with E-state index in [-0.39, 0.29) is 6.04 Å². The smallest absolute Gasteiger partial charge is 0.101 e. The van der Waals surface area contributed by atoms with Crippen LogP contribution in [0.4, 0.5) is 0 Å². The lowest BCUT2D eigenvalue weighted by Gasteiger charge is -2.37. The molecule has 1 aliphatic heterocycles. The molecule has 2 atom stereocenters. The highest BCUT2D eigenvalue weighted by atomic mass is 35.5. The van der Waals surface area contributed by atoms with Crippen LogP contribution in [0.3, 0.4) is 0 Å². The Hall–Kier alpha value is -2.02.